The molecule has 1 aromatic heterocycles. The number of nitrogens with zero attached hydrogens (tertiary/aromatic N) is 3. The van der Waals surface area contributed by atoms with E-state index in [-0.39, 0.29) is 23.0 Å². The fourth-order valence-corrected chi connectivity index (χ4v) is 6.61. The highest BCUT2D eigenvalue weighted by Gasteiger charge is 2.77. The second-order valence-corrected chi connectivity index (χ2v) is 9.43. The van der Waals surface area contributed by atoms with E-state index in [0.29, 0.717) is 6.42 Å². The molecule has 4 nitrogen and oxygen atoms in total. The summed E-state index contributed by atoms with van der Waals surface area (Å²) < 4.78 is 2.01. The molecule has 4 heteroatoms. The zero-order valence-corrected chi connectivity index (χ0v) is 16.4. The molecule has 2 saturated carbocycles. The molecule has 0 amide bonds. The fraction of sp³-hybridized carbons (Fsp3) is 0.522. The fourth-order valence-electron chi connectivity index (χ4n) is 6.61. The molecule has 4 atom stereocenters. The van der Waals surface area contributed by atoms with Crippen LogP contribution in [0.25, 0.3) is 11.3 Å². The van der Waals surface area contributed by atoms with Gasteiger partial charge in [0.05, 0.1) is 17.5 Å². The Balaban J connectivity index is 1.73. The second-order valence-electron chi connectivity index (χ2n) is 9.43. The molecule has 0 radical (unpaired) electrons. The summed E-state index contributed by atoms with van der Waals surface area (Å²) in [5.74, 6) is 0.489. The summed E-state index contributed by atoms with van der Waals surface area (Å²) in [6, 6.07) is 12.8. The van der Waals surface area contributed by atoms with Crippen LogP contribution in [0.5, 0.6) is 0 Å². The normalized spacial score (nSPS) is 35.6. The van der Waals surface area contributed by atoms with Crippen LogP contribution < -0.4 is 0 Å². The average Bonchev–Trinajstić information content (AvgIpc) is 3.32. The number of aryl methyl sites for hydroxylation is 1. The van der Waals surface area contributed by atoms with E-state index in [1.54, 1.807) is 0 Å². The van der Waals surface area contributed by atoms with Gasteiger partial charge in [-0.05, 0) is 31.1 Å². The maximum absolute atomic E-state index is 13.2. The number of fused-ring (bicyclic) bond motifs is 5. The number of nitriles is 1. The van der Waals surface area contributed by atoms with Gasteiger partial charge in [-0.2, -0.15) is 10.4 Å². The van der Waals surface area contributed by atoms with E-state index in [4.69, 9.17) is 5.10 Å². The number of ketones is 1. The molecule has 2 aromatic rings. The number of carbonyl (C=O) groups excluding carboxylic acids is 1. The van der Waals surface area contributed by atoms with Crippen LogP contribution in [-0.4, -0.2) is 15.6 Å². The summed E-state index contributed by atoms with van der Waals surface area (Å²) in [7, 11) is 2.02. The number of aromatic nitrogens is 2. The summed E-state index contributed by atoms with van der Waals surface area (Å²) in [5.41, 5.74) is 3.31. The van der Waals surface area contributed by atoms with Crippen LogP contribution in [-0.2, 0) is 23.7 Å². The number of rotatable bonds is 1. The Kier molecular flexibility index (Phi) is 3.04. The topological polar surface area (TPSA) is 58.7 Å². The van der Waals surface area contributed by atoms with Gasteiger partial charge in [0, 0.05) is 29.0 Å². The minimum absolute atomic E-state index is 0.0955. The van der Waals surface area contributed by atoms with E-state index in [2.05, 4.69) is 51.1 Å². The Morgan fingerprint density at radius 3 is 2.56 bits per heavy atom. The smallest absolute Gasteiger partial charge is 0.159 e. The van der Waals surface area contributed by atoms with Crippen molar-refractivity contribution in [2.75, 3.05) is 0 Å². The lowest BCUT2D eigenvalue weighted by Crippen LogP contribution is -2.56. The molecule has 0 saturated heterocycles. The Morgan fingerprint density at radius 1 is 1.19 bits per heavy atom. The van der Waals surface area contributed by atoms with Crippen molar-refractivity contribution in [2.24, 2.45) is 29.7 Å². The molecular weight excluding hydrogens is 334 g/mol. The van der Waals surface area contributed by atoms with E-state index in [1.165, 1.54) is 16.8 Å². The number of Topliss-reactive ketones (excluding diaryl/α,β-unsaturated/α-hetero) is 1. The highest BCUT2D eigenvalue weighted by atomic mass is 16.1. The van der Waals surface area contributed by atoms with Gasteiger partial charge in [0.2, 0.25) is 0 Å². The van der Waals surface area contributed by atoms with Crippen LogP contribution >= 0.6 is 0 Å². The third-order valence-corrected chi connectivity index (χ3v) is 7.86. The molecule has 3 aliphatic rings. The molecule has 1 heterocycles. The lowest BCUT2D eigenvalue weighted by molar-refractivity contribution is -0.141. The maximum Gasteiger partial charge on any atom is 0.159 e. The third kappa shape index (κ3) is 1.78. The number of hydrogen-bond acceptors (Lipinski definition) is 3. The van der Waals surface area contributed by atoms with Crippen molar-refractivity contribution in [3.8, 4) is 17.3 Å². The maximum atomic E-state index is 13.2. The Hall–Kier alpha value is -2.41. The summed E-state index contributed by atoms with van der Waals surface area (Å²) in [5, 5.41) is 14.9. The molecule has 0 N–H and O–H groups in total. The second kappa shape index (κ2) is 4.90. The van der Waals surface area contributed by atoms with Crippen LogP contribution in [0.1, 0.15) is 44.9 Å². The van der Waals surface area contributed by atoms with Gasteiger partial charge in [-0.15, -0.1) is 0 Å². The van der Waals surface area contributed by atoms with Crippen LogP contribution in [0, 0.1) is 34.0 Å². The number of hydrogen-bond donors (Lipinski definition) is 0. The highest BCUT2D eigenvalue weighted by Crippen LogP contribution is 2.73. The zero-order chi connectivity index (χ0) is 19.2. The number of carbonyl (C=O) groups is 1. The molecule has 138 valence electrons. The van der Waals surface area contributed by atoms with Crippen molar-refractivity contribution in [2.45, 2.75) is 45.4 Å². The van der Waals surface area contributed by atoms with E-state index < -0.39 is 10.8 Å². The van der Waals surface area contributed by atoms with Gasteiger partial charge in [-0.25, -0.2) is 0 Å². The minimum Gasteiger partial charge on any atom is -0.297 e. The van der Waals surface area contributed by atoms with Gasteiger partial charge in [0.15, 0.2) is 5.78 Å². The molecule has 0 spiro atoms. The quantitative estimate of drug-likeness (QED) is 0.772. The Bertz CT molecular complexity index is 1010. The standard InChI is InChI=1S/C23H25N3O/c1-21(2)16-11-10-15-18(14-8-6-5-7-9-14)26(4)25-19(15)22(16,3)17-12-23(17,13-24)20(21)27/h5-9,16-17H,10-12H2,1-4H3/t16-,17+,22+,23-/m0/s1. The first kappa shape index (κ1) is 16.7. The molecule has 0 aliphatic heterocycles. The van der Waals surface area contributed by atoms with Gasteiger partial charge >= 0.3 is 0 Å². The van der Waals surface area contributed by atoms with Crippen molar-refractivity contribution in [3.05, 3.63) is 41.6 Å². The van der Waals surface area contributed by atoms with Crippen molar-refractivity contribution in [3.63, 3.8) is 0 Å². The third-order valence-electron chi connectivity index (χ3n) is 7.86. The van der Waals surface area contributed by atoms with Crippen molar-refractivity contribution < 1.29 is 4.79 Å². The van der Waals surface area contributed by atoms with Gasteiger partial charge in [0.1, 0.15) is 5.41 Å². The largest absolute Gasteiger partial charge is 0.297 e. The van der Waals surface area contributed by atoms with Crippen molar-refractivity contribution in [1.82, 2.24) is 9.78 Å². The molecule has 5 rings (SSSR count). The molecular formula is C23H25N3O. The van der Waals surface area contributed by atoms with Crippen molar-refractivity contribution >= 4 is 5.78 Å². The first-order chi connectivity index (χ1) is 12.8. The van der Waals surface area contributed by atoms with E-state index in [1.807, 2.05) is 17.8 Å². The van der Waals surface area contributed by atoms with Gasteiger partial charge in [-0.1, -0.05) is 51.1 Å². The predicted molar refractivity (Wildman–Crippen MR) is 103 cm³/mol. The zero-order valence-electron chi connectivity index (χ0n) is 16.4. The minimum atomic E-state index is -0.798. The van der Waals surface area contributed by atoms with E-state index in [9.17, 15) is 10.1 Å². The number of benzene rings is 1. The monoisotopic (exact) mass is 359 g/mol. The van der Waals surface area contributed by atoms with Crippen molar-refractivity contribution in [1.29, 1.82) is 5.26 Å². The van der Waals surface area contributed by atoms with E-state index in [0.717, 1.165) is 18.5 Å². The molecule has 0 bridgehead atoms. The predicted octanol–water partition coefficient (Wildman–Crippen LogP) is 4.05. The van der Waals surface area contributed by atoms with E-state index >= 15 is 0 Å². The molecule has 27 heavy (non-hydrogen) atoms. The summed E-state index contributed by atoms with van der Waals surface area (Å²) in [6.45, 7) is 6.38. The van der Waals surface area contributed by atoms with Gasteiger partial charge < -0.3 is 0 Å². The lowest BCUT2D eigenvalue weighted by atomic mass is 9.49. The molecule has 1 aromatic carbocycles. The van der Waals surface area contributed by atoms with Crippen LogP contribution in [0.2, 0.25) is 0 Å². The summed E-state index contributed by atoms with van der Waals surface area (Å²) >= 11 is 0. The van der Waals surface area contributed by atoms with Gasteiger partial charge in [-0.3, -0.25) is 9.48 Å². The van der Waals surface area contributed by atoms with Gasteiger partial charge in [0.25, 0.3) is 0 Å². The van der Waals surface area contributed by atoms with Crippen LogP contribution in [0.4, 0.5) is 0 Å². The highest BCUT2D eigenvalue weighted by molar-refractivity contribution is 5.97. The lowest BCUT2D eigenvalue weighted by Gasteiger charge is -2.52. The SMILES string of the molecule is Cn1nc2c(c1-c1ccccc1)CC[C@H]1C(C)(C)C(=O)[C@]3(C#N)C[C@@H]3[C@]21C. The molecule has 3 aliphatic carbocycles. The summed E-state index contributed by atoms with van der Waals surface area (Å²) in [6.07, 6.45) is 2.61. The first-order valence-corrected chi connectivity index (χ1v) is 9.86. The molecule has 2 fully saturated rings. The average molecular weight is 359 g/mol. The first-order valence-electron chi connectivity index (χ1n) is 9.86. The summed E-state index contributed by atoms with van der Waals surface area (Å²) in [4.78, 5) is 13.2. The Labute approximate surface area is 160 Å². The van der Waals surface area contributed by atoms with Crippen LogP contribution in [0.15, 0.2) is 30.3 Å². The Morgan fingerprint density at radius 2 is 1.89 bits per heavy atom. The van der Waals surface area contributed by atoms with Crippen LogP contribution in [0.3, 0.4) is 0 Å². The molecule has 0 unspecified atom stereocenters.